The summed E-state index contributed by atoms with van der Waals surface area (Å²) in [7, 11) is 0. The molecule has 178 valence electrons. The van der Waals surface area contributed by atoms with Crippen LogP contribution in [0, 0.1) is 0 Å². The van der Waals surface area contributed by atoms with Crippen LogP contribution >= 0.6 is 0 Å². The molecule has 3 aromatic heterocycles. The number of nitrogens with zero attached hydrogens (tertiary/aromatic N) is 3. The molecule has 7 nitrogen and oxygen atoms in total. The summed E-state index contributed by atoms with van der Waals surface area (Å²) in [4.78, 5) is 10.3. The second kappa shape index (κ2) is 9.54. The van der Waals surface area contributed by atoms with E-state index in [1.807, 2.05) is 104 Å². The van der Waals surface area contributed by atoms with Crippen LogP contribution in [-0.4, -0.2) is 28.2 Å². The average Bonchev–Trinajstić information content (AvgIpc) is 3.33. The van der Waals surface area contributed by atoms with Crippen LogP contribution in [0.25, 0.3) is 27.9 Å². The van der Waals surface area contributed by atoms with Crippen LogP contribution in [0.2, 0.25) is 0 Å². The Morgan fingerprint density at radius 3 is 2.49 bits per heavy atom. The third-order valence-electron chi connectivity index (χ3n) is 5.17. The van der Waals surface area contributed by atoms with Crippen molar-refractivity contribution >= 4 is 16.5 Å². The molecule has 0 unspecified atom stereocenters. The van der Waals surface area contributed by atoms with E-state index in [1.165, 1.54) is 0 Å². The van der Waals surface area contributed by atoms with E-state index in [-0.39, 0.29) is 0 Å². The quantitative estimate of drug-likeness (QED) is 0.221. The van der Waals surface area contributed by atoms with E-state index in [0.29, 0.717) is 41.4 Å². The molecule has 0 saturated carbocycles. The number of ether oxygens (including phenoxy) is 2. The molecule has 0 radical (unpaired) electrons. The van der Waals surface area contributed by atoms with Crippen molar-refractivity contribution in [3.05, 3.63) is 90.7 Å². The summed E-state index contributed by atoms with van der Waals surface area (Å²) < 4.78 is 19.8. The van der Waals surface area contributed by atoms with Gasteiger partial charge in [0.05, 0.1) is 11.7 Å². The second-order valence-electron chi connectivity index (χ2n) is 9.07. The molecule has 5 aromatic rings. The van der Waals surface area contributed by atoms with Crippen molar-refractivity contribution in [2.75, 3.05) is 13.2 Å². The van der Waals surface area contributed by atoms with Crippen LogP contribution in [-0.2, 0) is 4.84 Å². The van der Waals surface area contributed by atoms with Gasteiger partial charge in [-0.2, -0.15) is 0 Å². The summed E-state index contributed by atoms with van der Waals surface area (Å²) >= 11 is 0. The minimum Gasteiger partial charge on any atom is -0.490 e. The maximum absolute atomic E-state index is 6.22. The summed E-state index contributed by atoms with van der Waals surface area (Å²) in [6.45, 7) is 6.70. The molecule has 3 heterocycles. The molecular weight excluding hydrogens is 442 g/mol. The first-order chi connectivity index (χ1) is 16.9. The standard InChI is InChI=1S/C28H27N3O4/c1-28(2,3)35-30-24-18-27(25-16-20-8-7-13-31(20)19-29-25)34-26-12-11-22(17-23(24)26)33-15-14-32-21-9-5-4-6-10-21/h4-13,16-19H,14-15H2,1-3H3. The van der Waals surface area contributed by atoms with Crippen molar-refractivity contribution in [3.63, 3.8) is 0 Å². The number of rotatable bonds is 7. The molecule has 0 spiro atoms. The minimum atomic E-state index is -0.439. The van der Waals surface area contributed by atoms with Gasteiger partial charge in [0.2, 0.25) is 0 Å². The van der Waals surface area contributed by atoms with Gasteiger partial charge in [0, 0.05) is 17.8 Å². The largest absolute Gasteiger partial charge is 0.490 e. The Morgan fingerprint density at radius 1 is 0.886 bits per heavy atom. The highest BCUT2D eigenvalue weighted by molar-refractivity contribution is 5.80. The van der Waals surface area contributed by atoms with Gasteiger partial charge in [0.1, 0.15) is 46.9 Å². The highest BCUT2D eigenvalue weighted by atomic mass is 16.6. The van der Waals surface area contributed by atoms with E-state index in [0.717, 1.165) is 16.7 Å². The molecular formula is C28H27N3O4. The van der Waals surface area contributed by atoms with E-state index in [4.69, 9.17) is 18.7 Å². The fourth-order valence-electron chi connectivity index (χ4n) is 3.53. The molecule has 7 heteroatoms. The highest BCUT2D eigenvalue weighted by Gasteiger charge is 2.13. The lowest BCUT2D eigenvalue weighted by atomic mass is 10.2. The number of benzene rings is 2. The van der Waals surface area contributed by atoms with Crippen LogP contribution in [0.4, 0.5) is 0 Å². The summed E-state index contributed by atoms with van der Waals surface area (Å²) in [6, 6.07) is 23.1. The van der Waals surface area contributed by atoms with Gasteiger partial charge < -0.3 is 23.1 Å². The van der Waals surface area contributed by atoms with Gasteiger partial charge in [-0.25, -0.2) is 4.98 Å². The molecule has 0 aliphatic heterocycles. The lowest BCUT2D eigenvalue weighted by Crippen LogP contribution is -2.18. The maximum Gasteiger partial charge on any atom is 0.155 e. The Balaban J connectivity index is 1.45. The Bertz CT molecular complexity index is 1510. The smallest absolute Gasteiger partial charge is 0.155 e. The van der Waals surface area contributed by atoms with Crippen molar-refractivity contribution in [2.24, 2.45) is 5.16 Å². The van der Waals surface area contributed by atoms with Gasteiger partial charge in [-0.3, -0.25) is 0 Å². The predicted octanol–water partition coefficient (Wildman–Crippen LogP) is 5.84. The molecule has 0 bridgehead atoms. The fraction of sp³-hybridized carbons (Fsp3) is 0.214. The maximum atomic E-state index is 6.22. The number of aromatic nitrogens is 2. The van der Waals surface area contributed by atoms with Gasteiger partial charge >= 0.3 is 0 Å². The zero-order valence-corrected chi connectivity index (χ0v) is 20.0. The highest BCUT2D eigenvalue weighted by Crippen LogP contribution is 2.25. The average molecular weight is 470 g/mol. The van der Waals surface area contributed by atoms with Gasteiger partial charge in [0.25, 0.3) is 0 Å². The number of hydrogen-bond acceptors (Lipinski definition) is 6. The normalized spacial score (nSPS) is 12.3. The monoisotopic (exact) mass is 469 g/mol. The number of para-hydroxylation sites is 1. The summed E-state index contributed by atoms with van der Waals surface area (Å²) in [6.07, 6.45) is 3.72. The predicted molar refractivity (Wildman–Crippen MR) is 134 cm³/mol. The Labute approximate surface area is 203 Å². The van der Waals surface area contributed by atoms with E-state index in [1.54, 1.807) is 6.33 Å². The fourth-order valence-corrected chi connectivity index (χ4v) is 3.53. The molecule has 0 aliphatic carbocycles. The molecule has 5 rings (SSSR count). The minimum absolute atomic E-state index is 0.405. The number of hydrogen-bond donors (Lipinski definition) is 0. The molecule has 35 heavy (non-hydrogen) atoms. The van der Waals surface area contributed by atoms with Crippen molar-refractivity contribution in [1.29, 1.82) is 0 Å². The van der Waals surface area contributed by atoms with Gasteiger partial charge in [0.15, 0.2) is 5.76 Å². The van der Waals surface area contributed by atoms with Crippen molar-refractivity contribution < 1.29 is 18.7 Å². The summed E-state index contributed by atoms with van der Waals surface area (Å²) in [5.74, 6) is 2.10. The SMILES string of the molecule is CC(C)(C)ON=c1cc(-c2cc3cccn3cn2)oc2ccc(OCCOc3ccccc3)cc12. The lowest BCUT2D eigenvalue weighted by molar-refractivity contribution is -0.00585. The molecule has 0 amide bonds. The first kappa shape index (κ1) is 22.5. The van der Waals surface area contributed by atoms with Crippen molar-refractivity contribution in [3.8, 4) is 23.0 Å². The Kier molecular flexibility index (Phi) is 6.14. The van der Waals surface area contributed by atoms with E-state index < -0.39 is 5.60 Å². The molecule has 2 aromatic carbocycles. The molecule has 0 N–H and O–H groups in total. The topological polar surface area (TPSA) is 70.5 Å². The van der Waals surface area contributed by atoms with Crippen LogP contribution in [0.5, 0.6) is 11.5 Å². The van der Waals surface area contributed by atoms with Crippen LogP contribution in [0.1, 0.15) is 20.8 Å². The van der Waals surface area contributed by atoms with Crippen LogP contribution in [0.15, 0.2) is 94.9 Å². The van der Waals surface area contributed by atoms with Crippen LogP contribution in [0.3, 0.4) is 0 Å². The van der Waals surface area contributed by atoms with Gasteiger partial charge in [-0.1, -0.05) is 23.4 Å². The van der Waals surface area contributed by atoms with Crippen molar-refractivity contribution in [1.82, 2.24) is 9.38 Å². The van der Waals surface area contributed by atoms with Gasteiger partial charge in [-0.05, 0) is 69.3 Å². The Hall–Kier alpha value is -4.26. The molecule has 0 saturated heterocycles. The molecule has 0 atom stereocenters. The van der Waals surface area contributed by atoms with E-state index in [9.17, 15) is 0 Å². The number of fused-ring (bicyclic) bond motifs is 2. The van der Waals surface area contributed by atoms with Gasteiger partial charge in [-0.15, -0.1) is 0 Å². The second-order valence-corrected chi connectivity index (χ2v) is 9.07. The Morgan fingerprint density at radius 2 is 1.69 bits per heavy atom. The van der Waals surface area contributed by atoms with E-state index in [2.05, 4.69) is 10.1 Å². The van der Waals surface area contributed by atoms with Crippen molar-refractivity contribution in [2.45, 2.75) is 26.4 Å². The van der Waals surface area contributed by atoms with E-state index >= 15 is 0 Å². The lowest BCUT2D eigenvalue weighted by Gasteiger charge is -2.15. The summed E-state index contributed by atoms with van der Waals surface area (Å²) in [5.41, 5.74) is 1.95. The zero-order valence-electron chi connectivity index (χ0n) is 20.0. The third kappa shape index (κ3) is 5.46. The molecule has 0 aliphatic rings. The third-order valence-corrected chi connectivity index (χ3v) is 5.17. The van der Waals surface area contributed by atoms with Crippen LogP contribution < -0.4 is 14.8 Å². The zero-order chi connectivity index (χ0) is 24.3. The first-order valence-electron chi connectivity index (χ1n) is 11.5. The summed E-state index contributed by atoms with van der Waals surface area (Å²) in [5, 5.41) is 5.87. The molecule has 0 fully saturated rings. The first-order valence-corrected chi connectivity index (χ1v) is 11.5.